The Morgan fingerprint density at radius 1 is 1.35 bits per heavy atom. The predicted molar refractivity (Wildman–Crippen MR) is 86.5 cm³/mol. The van der Waals surface area contributed by atoms with Crippen molar-refractivity contribution < 1.29 is 4.79 Å². The molecule has 2 atom stereocenters. The number of pyridine rings is 1. The van der Waals surface area contributed by atoms with Gasteiger partial charge in [0.2, 0.25) is 11.0 Å². The molecule has 23 heavy (non-hydrogen) atoms. The minimum atomic E-state index is -0.0628. The number of carbonyl (C=O) groups excluding carboxylic acids is 1. The second kappa shape index (κ2) is 5.86. The lowest BCUT2D eigenvalue weighted by Crippen LogP contribution is -2.49. The fourth-order valence-electron chi connectivity index (χ4n) is 3.71. The number of piperidine rings is 1. The van der Waals surface area contributed by atoms with E-state index < -0.39 is 0 Å². The third-order valence-corrected chi connectivity index (χ3v) is 5.14. The van der Waals surface area contributed by atoms with Crippen molar-refractivity contribution in [2.24, 2.45) is 5.92 Å². The van der Waals surface area contributed by atoms with Crippen molar-refractivity contribution in [2.45, 2.75) is 18.9 Å². The number of rotatable bonds is 3. The molecule has 0 saturated carbocycles. The van der Waals surface area contributed by atoms with Crippen molar-refractivity contribution in [3.8, 4) is 0 Å². The molecule has 0 aromatic carbocycles. The van der Waals surface area contributed by atoms with E-state index in [1.54, 1.807) is 11.6 Å². The van der Waals surface area contributed by atoms with Crippen LogP contribution in [0.1, 0.15) is 18.0 Å². The number of aromatic nitrogens is 3. The van der Waals surface area contributed by atoms with Crippen LogP contribution in [0.15, 0.2) is 28.5 Å². The van der Waals surface area contributed by atoms with Gasteiger partial charge in [0, 0.05) is 37.3 Å². The zero-order chi connectivity index (χ0) is 15.8. The van der Waals surface area contributed by atoms with E-state index in [1.807, 2.05) is 16.7 Å². The second-order valence-corrected chi connectivity index (χ2v) is 7.02. The van der Waals surface area contributed by atoms with Crippen LogP contribution < -0.4 is 10.9 Å². The molecule has 7 nitrogen and oxygen atoms in total. The molecule has 120 valence electrons. The van der Waals surface area contributed by atoms with Crippen LogP contribution in [0.3, 0.4) is 0 Å². The highest BCUT2D eigenvalue weighted by Gasteiger charge is 2.34. The van der Waals surface area contributed by atoms with Crippen molar-refractivity contribution in [3.63, 3.8) is 0 Å². The Labute approximate surface area is 137 Å². The van der Waals surface area contributed by atoms with E-state index in [9.17, 15) is 9.59 Å². The van der Waals surface area contributed by atoms with Gasteiger partial charge in [0.1, 0.15) is 5.51 Å². The standard InChI is InChI=1S/C15H17N5O2S/c21-13(17-15-18-16-9-23-15)8-19-5-10-4-11(7-19)12-2-1-3-14(22)20(12)6-10/h1-3,9-11H,4-8H2,(H,17,18,21)/t10-,11+/m0/s1. The Morgan fingerprint density at radius 3 is 3.09 bits per heavy atom. The Morgan fingerprint density at radius 2 is 2.26 bits per heavy atom. The Hall–Kier alpha value is -2.06. The van der Waals surface area contributed by atoms with E-state index in [0.29, 0.717) is 23.5 Å². The molecule has 0 aliphatic carbocycles. The number of amides is 1. The molecule has 2 aromatic rings. The summed E-state index contributed by atoms with van der Waals surface area (Å²) < 4.78 is 1.90. The van der Waals surface area contributed by atoms with Crippen LogP contribution in [0, 0.1) is 5.92 Å². The summed E-state index contributed by atoms with van der Waals surface area (Å²) in [6, 6.07) is 5.49. The number of fused-ring (bicyclic) bond motifs is 4. The van der Waals surface area contributed by atoms with Gasteiger partial charge in [-0.25, -0.2) is 0 Å². The number of likely N-dealkylation sites (tertiary alicyclic amines) is 1. The smallest absolute Gasteiger partial charge is 0.250 e. The lowest BCUT2D eigenvalue weighted by atomic mass is 9.83. The van der Waals surface area contributed by atoms with Crippen LogP contribution in [0.2, 0.25) is 0 Å². The molecule has 1 N–H and O–H groups in total. The van der Waals surface area contributed by atoms with E-state index in [2.05, 4.69) is 20.4 Å². The molecule has 2 aliphatic heterocycles. The Bertz CT molecular complexity index is 772. The first kappa shape index (κ1) is 14.5. The summed E-state index contributed by atoms with van der Waals surface area (Å²) >= 11 is 1.31. The van der Waals surface area contributed by atoms with Crippen molar-refractivity contribution >= 4 is 22.4 Å². The molecule has 8 heteroatoms. The van der Waals surface area contributed by atoms with Crippen LogP contribution in [0.5, 0.6) is 0 Å². The summed E-state index contributed by atoms with van der Waals surface area (Å²) in [4.78, 5) is 26.3. The quantitative estimate of drug-likeness (QED) is 0.898. The molecule has 1 fully saturated rings. The zero-order valence-corrected chi connectivity index (χ0v) is 13.3. The number of hydrogen-bond acceptors (Lipinski definition) is 6. The number of anilines is 1. The van der Waals surface area contributed by atoms with Crippen LogP contribution >= 0.6 is 11.3 Å². The summed E-state index contributed by atoms with van der Waals surface area (Å²) in [5.41, 5.74) is 2.78. The first-order valence-corrected chi connectivity index (χ1v) is 8.55. The fourth-order valence-corrected chi connectivity index (χ4v) is 4.18. The van der Waals surface area contributed by atoms with Gasteiger partial charge in [-0.1, -0.05) is 17.4 Å². The third-order valence-electron chi connectivity index (χ3n) is 4.53. The molecule has 4 rings (SSSR count). The summed E-state index contributed by atoms with van der Waals surface area (Å²) in [6.07, 6.45) is 1.10. The lowest BCUT2D eigenvalue weighted by molar-refractivity contribution is -0.117. The highest BCUT2D eigenvalue weighted by Crippen LogP contribution is 2.34. The van der Waals surface area contributed by atoms with Gasteiger partial charge in [-0.15, -0.1) is 10.2 Å². The molecule has 0 radical (unpaired) electrons. The normalized spacial score (nSPS) is 23.3. The number of nitrogens with one attached hydrogen (secondary N) is 1. The van der Waals surface area contributed by atoms with E-state index in [0.717, 1.165) is 31.7 Å². The molecule has 1 saturated heterocycles. The number of carbonyl (C=O) groups is 1. The summed E-state index contributed by atoms with van der Waals surface area (Å²) in [5.74, 6) is 0.689. The van der Waals surface area contributed by atoms with Crippen molar-refractivity contribution in [2.75, 3.05) is 25.0 Å². The van der Waals surface area contributed by atoms with Crippen molar-refractivity contribution in [1.29, 1.82) is 0 Å². The molecular formula is C15H17N5O2S. The highest BCUT2D eigenvalue weighted by molar-refractivity contribution is 7.13. The maximum absolute atomic E-state index is 12.1. The van der Waals surface area contributed by atoms with Gasteiger partial charge in [-0.2, -0.15) is 0 Å². The van der Waals surface area contributed by atoms with E-state index in [1.165, 1.54) is 11.3 Å². The van der Waals surface area contributed by atoms with E-state index >= 15 is 0 Å². The topological polar surface area (TPSA) is 80.1 Å². The first-order valence-electron chi connectivity index (χ1n) is 7.67. The van der Waals surface area contributed by atoms with Crippen LogP contribution in [0.25, 0.3) is 0 Å². The van der Waals surface area contributed by atoms with Gasteiger partial charge in [-0.05, 0) is 18.4 Å². The predicted octanol–water partition coefficient (Wildman–Crippen LogP) is 0.758. The van der Waals surface area contributed by atoms with Gasteiger partial charge in [0.15, 0.2) is 0 Å². The lowest BCUT2D eigenvalue weighted by Gasteiger charge is -2.42. The van der Waals surface area contributed by atoms with Crippen molar-refractivity contribution in [1.82, 2.24) is 19.7 Å². The van der Waals surface area contributed by atoms with Gasteiger partial charge in [0.05, 0.1) is 6.54 Å². The summed E-state index contributed by atoms with van der Waals surface area (Å²) in [6.45, 7) is 2.76. The van der Waals surface area contributed by atoms with Gasteiger partial charge in [-0.3, -0.25) is 19.8 Å². The van der Waals surface area contributed by atoms with Crippen LogP contribution in [-0.2, 0) is 11.3 Å². The molecule has 2 aliphatic rings. The summed E-state index contributed by atoms with van der Waals surface area (Å²) in [7, 11) is 0. The van der Waals surface area contributed by atoms with Gasteiger partial charge < -0.3 is 4.57 Å². The average Bonchev–Trinajstić information content (AvgIpc) is 3.01. The van der Waals surface area contributed by atoms with E-state index in [4.69, 9.17) is 0 Å². The largest absolute Gasteiger partial charge is 0.312 e. The number of nitrogens with zero attached hydrogens (tertiary/aromatic N) is 4. The van der Waals surface area contributed by atoms with Crippen LogP contribution in [-0.4, -0.2) is 45.2 Å². The maximum Gasteiger partial charge on any atom is 0.250 e. The molecule has 0 spiro atoms. The molecule has 2 bridgehead atoms. The SMILES string of the molecule is O=C(CN1C[C@@H]2C[C@H](C1)c1cccc(=O)n1C2)Nc1nncs1. The maximum atomic E-state index is 12.1. The van der Waals surface area contributed by atoms with Gasteiger partial charge >= 0.3 is 0 Å². The molecular weight excluding hydrogens is 314 g/mol. The minimum Gasteiger partial charge on any atom is -0.312 e. The van der Waals surface area contributed by atoms with E-state index in [-0.39, 0.29) is 11.5 Å². The highest BCUT2D eigenvalue weighted by atomic mass is 32.1. The Balaban J connectivity index is 1.46. The fraction of sp³-hybridized carbons (Fsp3) is 0.467. The summed E-state index contributed by atoms with van der Waals surface area (Å²) in [5, 5.41) is 10.8. The first-order chi connectivity index (χ1) is 11.2. The Kier molecular flexibility index (Phi) is 3.70. The second-order valence-electron chi connectivity index (χ2n) is 6.18. The van der Waals surface area contributed by atoms with Crippen LogP contribution in [0.4, 0.5) is 5.13 Å². The molecule has 1 amide bonds. The molecule has 2 aromatic heterocycles. The minimum absolute atomic E-state index is 0.0628. The third kappa shape index (κ3) is 2.91. The molecule has 0 unspecified atom stereocenters. The average molecular weight is 331 g/mol. The van der Waals surface area contributed by atoms with Gasteiger partial charge in [0.25, 0.3) is 5.56 Å². The molecule has 4 heterocycles. The monoisotopic (exact) mass is 331 g/mol. The number of hydrogen-bond donors (Lipinski definition) is 1. The zero-order valence-electron chi connectivity index (χ0n) is 12.5. The van der Waals surface area contributed by atoms with Crippen molar-refractivity contribution in [3.05, 3.63) is 39.8 Å².